The summed E-state index contributed by atoms with van der Waals surface area (Å²) >= 11 is 0. The van der Waals surface area contributed by atoms with Gasteiger partial charge in [-0.15, -0.1) is 0 Å². The Bertz CT molecular complexity index is 937. The Morgan fingerprint density at radius 2 is 1.96 bits per heavy atom. The van der Waals surface area contributed by atoms with Crippen LogP contribution in [0.1, 0.15) is 37.1 Å². The van der Waals surface area contributed by atoms with Crippen molar-refractivity contribution in [1.29, 1.82) is 0 Å². The molecule has 0 aliphatic heterocycles. The largest absolute Gasteiger partial charge is 0.339 e. The molecule has 8 nitrogen and oxygen atoms in total. The van der Waals surface area contributed by atoms with Gasteiger partial charge in [0.15, 0.2) is 16.9 Å². The minimum Gasteiger partial charge on any atom is -0.339 e. The molecule has 4 aromatic rings. The maximum Gasteiger partial charge on any atom is 0.197 e. The second kappa shape index (κ2) is 5.38. The maximum absolute atomic E-state index is 4.61. The SMILES string of the molecule is CCc1nc2ncc(CC(C)c3nc4ncncc4[nH]3)nc2[nH]1. The minimum atomic E-state index is 0.171. The summed E-state index contributed by atoms with van der Waals surface area (Å²) in [4.78, 5) is 32.5. The van der Waals surface area contributed by atoms with Crippen molar-refractivity contribution in [3.05, 3.63) is 36.1 Å². The number of nitrogens with one attached hydrogen (secondary N) is 2. The van der Waals surface area contributed by atoms with Crippen molar-refractivity contribution in [2.24, 2.45) is 0 Å². The zero-order valence-electron chi connectivity index (χ0n) is 12.9. The van der Waals surface area contributed by atoms with Gasteiger partial charge in [0, 0.05) is 18.8 Å². The lowest BCUT2D eigenvalue weighted by atomic mass is 10.1. The summed E-state index contributed by atoms with van der Waals surface area (Å²) in [5.41, 5.74) is 3.84. The minimum absolute atomic E-state index is 0.171. The van der Waals surface area contributed by atoms with Crippen LogP contribution in [-0.2, 0) is 12.8 Å². The quantitative estimate of drug-likeness (QED) is 0.596. The molecule has 1 atom stereocenters. The van der Waals surface area contributed by atoms with Gasteiger partial charge >= 0.3 is 0 Å². The van der Waals surface area contributed by atoms with Crippen molar-refractivity contribution in [1.82, 2.24) is 39.9 Å². The van der Waals surface area contributed by atoms with E-state index in [0.717, 1.165) is 41.3 Å². The molecular weight excluding hydrogens is 292 g/mol. The normalized spacial score (nSPS) is 13.0. The number of H-pyrrole nitrogens is 2. The summed E-state index contributed by atoms with van der Waals surface area (Å²) in [5, 5.41) is 0. The number of fused-ring (bicyclic) bond motifs is 2. The zero-order valence-corrected chi connectivity index (χ0v) is 12.9. The molecule has 0 radical (unpaired) electrons. The van der Waals surface area contributed by atoms with Gasteiger partial charge in [0.1, 0.15) is 23.5 Å². The highest BCUT2D eigenvalue weighted by molar-refractivity contribution is 5.69. The predicted octanol–water partition coefficient (Wildman–Crippen LogP) is 1.93. The van der Waals surface area contributed by atoms with E-state index in [1.54, 1.807) is 12.4 Å². The third-order valence-electron chi connectivity index (χ3n) is 3.80. The number of aromatic nitrogens is 8. The number of hydrogen-bond donors (Lipinski definition) is 2. The van der Waals surface area contributed by atoms with Gasteiger partial charge < -0.3 is 9.97 Å². The lowest BCUT2D eigenvalue weighted by Gasteiger charge is -2.07. The topological polar surface area (TPSA) is 109 Å². The van der Waals surface area contributed by atoms with E-state index in [1.807, 2.05) is 6.92 Å². The maximum atomic E-state index is 4.61. The second-order valence-electron chi connectivity index (χ2n) is 5.56. The number of hydrogen-bond acceptors (Lipinski definition) is 6. The molecule has 0 aromatic carbocycles. The van der Waals surface area contributed by atoms with Crippen molar-refractivity contribution in [2.45, 2.75) is 32.6 Å². The first-order valence-corrected chi connectivity index (χ1v) is 7.59. The molecule has 2 N–H and O–H groups in total. The molecular formula is C15H16N8. The summed E-state index contributed by atoms with van der Waals surface area (Å²) in [5.74, 6) is 1.95. The number of imidazole rings is 2. The fraction of sp³-hybridized carbons (Fsp3) is 0.333. The smallest absolute Gasteiger partial charge is 0.197 e. The van der Waals surface area contributed by atoms with E-state index in [4.69, 9.17) is 0 Å². The van der Waals surface area contributed by atoms with Gasteiger partial charge in [-0.25, -0.2) is 29.9 Å². The van der Waals surface area contributed by atoms with Crippen molar-refractivity contribution in [2.75, 3.05) is 0 Å². The van der Waals surface area contributed by atoms with Crippen LogP contribution in [0.3, 0.4) is 0 Å². The first-order chi connectivity index (χ1) is 11.2. The summed E-state index contributed by atoms with van der Waals surface area (Å²) in [7, 11) is 0. The van der Waals surface area contributed by atoms with Gasteiger partial charge in [0.05, 0.1) is 18.1 Å². The van der Waals surface area contributed by atoms with Gasteiger partial charge in [-0.05, 0) is 0 Å². The molecule has 0 saturated carbocycles. The molecule has 0 aliphatic carbocycles. The summed E-state index contributed by atoms with van der Waals surface area (Å²) in [6.07, 6.45) is 6.58. The highest BCUT2D eigenvalue weighted by Crippen LogP contribution is 2.19. The Kier molecular flexibility index (Phi) is 3.22. The monoisotopic (exact) mass is 308 g/mol. The number of nitrogens with zero attached hydrogens (tertiary/aromatic N) is 6. The Hall–Kier alpha value is -2.90. The fourth-order valence-corrected chi connectivity index (χ4v) is 2.57. The van der Waals surface area contributed by atoms with Gasteiger partial charge in [0.25, 0.3) is 0 Å². The molecule has 116 valence electrons. The van der Waals surface area contributed by atoms with Crippen LogP contribution in [0.25, 0.3) is 22.5 Å². The van der Waals surface area contributed by atoms with Crippen molar-refractivity contribution in [3.63, 3.8) is 0 Å². The molecule has 23 heavy (non-hydrogen) atoms. The van der Waals surface area contributed by atoms with E-state index < -0.39 is 0 Å². The number of aryl methyl sites for hydroxylation is 1. The molecule has 0 amide bonds. The molecule has 0 fully saturated rings. The first-order valence-electron chi connectivity index (χ1n) is 7.59. The van der Waals surface area contributed by atoms with Crippen LogP contribution >= 0.6 is 0 Å². The van der Waals surface area contributed by atoms with Crippen LogP contribution in [0.2, 0.25) is 0 Å². The van der Waals surface area contributed by atoms with Crippen LogP contribution in [0.4, 0.5) is 0 Å². The van der Waals surface area contributed by atoms with Crippen LogP contribution in [0, 0.1) is 0 Å². The Labute approximate surface area is 131 Å². The zero-order chi connectivity index (χ0) is 15.8. The summed E-state index contributed by atoms with van der Waals surface area (Å²) in [6, 6.07) is 0. The second-order valence-corrected chi connectivity index (χ2v) is 5.56. The molecule has 4 aromatic heterocycles. The molecule has 0 spiro atoms. The Morgan fingerprint density at radius 3 is 2.78 bits per heavy atom. The molecule has 8 heteroatoms. The Morgan fingerprint density at radius 1 is 1.04 bits per heavy atom. The molecule has 1 unspecified atom stereocenters. The highest BCUT2D eigenvalue weighted by Gasteiger charge is 2.14. The number of rotatable bonds is 4. The average Bonchev–Trinajstić information content (AvgIpc) is 3.17. The number of aromatic amines is 2. The van der Waals surface area contributed by atoms with Crippen molar-refractivity contribution in [3.8, 4) is 0 Å². The van der Waals surface area contributed by atoms with Crippen LogP contribution in [-0.4, -0.2) is 39.9 Å². The molecule has 0 saturated heterocycles. The highest BCUT2D eigenvalue weighted by atomic mass is 15.1. The average molecular weight is 308 g/mol. The molecule has 0 aliphatic rings. The van der Waals surface area contributed by atoms with E-state index in [9.17, 15) is 0 Å². The van der Waals surface area contributed by atoms with Gasteiger partial charge in [-0.1, -0.05) is 13.8 Å². The van der Waals surface area contributed by atoms with E-state index >= 15 is 0 Å². The van der Waals surface area contributed by atoms with Gasteiger partial charge in [-0.2, -0.15) is 0 Å². The lowest BCUT2D eigenvalue weighted by molar-refractivity contribution is 0.698. The standard InChI is InChI=1S/C15H16N8/c1-3-11-21-14-15(22-11)19-9(5-17-14)4-8(2)12-20-10-6-16-7-18-13(10)23-12/h5-8H,3-4H2,1-2H3,(H,16,18,20,23)(H,17,19,21,22). The fourth-order valence-electron chi connectivity index (χ4n) is 2.57. The first kappa shape index (κ1) is 13.7. The van der Waals surface area contributed by atoms with E-state index in [2.05, 4.69) is 46.8 Å². The van der Waals surface area contributed by atoms with E-state index in [1.165, 1.54) is 6.33 Å². The Balaban J connectivity index is 1.61. The van der Waals surface area contributed by atoms with Crippen molar-refractivity contribution < 1.29 is 0 Å². The summed E-state index contributed by atoms with van der Waals surface area (Å²) in [6.45, 7) is 4.15. The van der Waals surface area contributed by atoms with Crippen LogP contribution in [0.5, 0.6) is 0 Å². The van der Waals surface area contributed by atoms with E-state index in [-0.39, 0.29) is 5.92 Å². The van der Waals surface area contributed by atoms with E-state index in [0.29, 0.717) is 11.3 Å². The molecule has 4 rings (SSSR count). The third kappa shape index (κ3) is 2.52. The van der Waals surface area contributed by atoms with Crippen LogP contribution in [0.15, 0.2) is 18.7 Å². The van der Waals surface area contributed by atoms with Crippen LogP contribution < -0.4 is 0 Å². The molecule has 4 heterocycles. The predicted molar refractivity (Wildman–Crippen MR) is 84.9 cm³/mol. The summed E-state index contributed by atoms with van der Waals surface area (Å²) < 4.78 is 0. The van der Waals surface area contributed by atoms with Gasteiger partial charge in [-0.3, -0.25) is 0 Å². The third-order valence-corrected chi connectivity index (χ3v) is 3.80. The lowest BCUT2D eigenvalue weighted by Crippen LogP contribution is -2.03. The molecule has 0 bridgehead atoms. The van der Waals surface area contributed by atoms with Gasteiger partial charge in [0.2, 0.25) is 0 Å². The van der Waals surface area contributed by atoms with Crippen molar-refractivity contribution >= 4 is 22.5 Å².